The van der Waals surface area contributed by atoms with Crippen molar-refractivity contribution >= 4 is 17.7 Å². The Kier molecular flexibility index (Phi) is 5.42. The zero-order valence-electron chi connectivity index (χ0n) is 13.0. The Labute approximate surface area is 139 Å². The maximum Gasteiger partial charge on any atom is 0.276 e. The van der Waals surface area contributed by atoms with Gasteiger partial charge in [0.2, 0.25) is 0 Å². The maximum absolute atomic E-state index is 12.3. The summed E-state index contributed by atoms with van der Waals surface area (Å²) in [7, 11) is 0. The van der Waals surface area contributed by atoms with Crippen LogP contribution in [0.5, 0.6) is 0 Å². The first kappa shape index (κ1) is 16.9. The number of benzene rings is 2. The molecule has 0 unspecified atom stereocenters. The number of carbonyl (C=O) groups excluding carboxylic acids is 1. The van der Waals surface area contributed by atoms with E-state index in [1.807, 2.05) is 30.3 Å². The van der Waals surface area contributed by atoms with Gasteiger partial charge in [-0.3, -0.25) is 14.9 Å². The van der Waals surface area contributed by atoms with Gasteiger partial charge < -0.3 is 5.32 Å². The number of hydrogen-bond acceptors (Lipinski definition) is 4. The Morgan fingerprint density at radius 2 is 1.83 bits per heavy atom. The van der Waals surface area contributed by atoms with Crippen LogP contribution in [0.2, 0.25) is 0 Å². The number of nitriles is 1. The molecule has 6 nitrogen and oxygen atoms in total. The number of rotatable bonds is 5. The molecular formula is C18H15N3O3. The van der Waals surface area contributed by atoms with E-state index in [9.17, 15) is 20.2 Å². The molecule has 0 aliphatic carbocycles. The number of nitro groups is 1. The van der Waals surface area contributed by atoms with Crippen LogP contribution in [0.15, 0.2) is 60.2 Å². The van der Waals surface area contributed by atoms with Crippen molar-refractivity contribution in [3.05, 3.63) is 81.4 Å². The van der Waals surface area contributed by atoms with Crippen LogP contribution in [-0.4, -0.2) is 10.8 Å². The third-order valence-electron chi connectivity index (χ3n) is 3.45. The van der Waals surface area contributed by atoms with E-state index < -0.39 is 10.8 Å². The highest BCUT2D eigenvalue weighted by Gasteiger charge is 2.16. The molecular weight excluding hydrogens is 306 g/mol. The van der Waals surface area contributed by atoms with Gasteiger partial charge in [-0.25, -0.2) is 0 Å². The van der Waals surface area contributed by atoms with E-state index in [-0.39, 0.29) is 22.9 Å². The fraction of sp³-hybridized carbons (Fsp3) is 0.111. The lowest BCUT2D eigenvalue weighted by atomic mass is 10.1. The topological polar surface area (TPSA) is 96.0 Å². The zero-order valence-corrected chi connectivity index (χ0v) is 13.0. The van der Waals surface area contributed by atoms with Gasteiger partial charge in [-0.05, 0) is 24.6 Å². The van der Waals surface area contributed by atoms with Gasteiger partial charge in [-0.2, -0.15) is 5.26 Å². The molecule has 0 fully saturated rings. The summed E-state index contributed by atoms with van der Waals surface area (Å²) < 4.78 is 0. The molecule has 120 valence electrons. The molecule has 6 heteroatoms. The summed E-state index contributed by atoms with van der Waals surface area (Å²) in [5, 5.41) is 23.0. The summed E-state index contributed by atoms with van der Waals surface area (Å²) in [6, 6.07) is 16.8. The molecule has 1 amide bonds. The van der Waals surface area contributed by atoms with Crippen molar-refractivity contribution in [2.45, 2.75) is 13.0 Å². The molecule has 1 N–H and O–H groups in total. The molecule has 2 rings (SSSR count). The van der Waals surface area contributed by atoms with E-state index in [2.05, 4.69) is 5.32 Å². The third kappa shape index (κ3) is 4.05. The predicted octanol–water partition coefficient (Wildman–Crippen LogP) is 3.38. The van der Waals surface area contributed by atoms with Crippen LogP contribution in [0, 0.1) is 21.4 Å². The van der Waals surface area contributed by atoms with Gasteiger partial charge in [0.1, 0.15) is 11.6 Å². The van der Waals surface area contributed by atoms with Crippen LogP contribution in [0.3, 0.4) is 0 Å². The Hall–Kier alpha value is -3.46. The molecule has 2 aromatic rings. The molecule has 2 aromatic carbocycles. The Morgan fingerprint density at radius 3 is 2.46 bits per heavy atom. The summed E-state index contributed by atoms with van der Waals surface area (Å²) in [5.41, 5.74) is 0.761. The standard InChI is InChI=1S/C18H15N3O3/c1-13(14-7-3-2-4-8-14)20-18(22)16(12-19)11-15-9-5-6-10-17(15)21(23)24/h2-11,13H,1H3,(H,20,22)/b16-11+/t13-/m0/s1. The maximum atomic E-state index is 12.3. The van der Waals surface area contributed by atoms with Crippen LogP contribution in [-0.2, 0) is 4.79 Å². The minimum atomic E-state index is -0.577. The molecule has 1 atom stereocenters. The fourth-order valence-electron chi connectivity index (χ4n) is 2.18. The summed E-state index contributed by atoms with van der Waals surface area (Å²) in [6.07, 6.45) is 1.23. The molecule has 0 saturated heterocycles. The van der Waals surface area contributed by atoms with Crippen molar-refractivity contribution in [1.29, 1.82) is 5.26 Å². The molecule has 24 heavy (non-hydrogen) atoms. The number of amides is 1. The smallest absolute Gasteiger partial charge is 0.276 e. The van der Waals surface area contributed by atoms with Crippen LogP contribution in [0.1, 0.15) is 24.1 Å². The predicted molar refractivity (Wildman–Crippen MR) is 89.7 cm³/mol. The van der Waals surface area contributed by atoms with Gasteiger partial charge in [0.25, 0.3) is 11.6 Å². The highest BCUT2D eigenvalue weighted by molar-refractivity contribution is 6.02. The first-order chi connectivity index (χ1) is 11.5. The molecule has 0 heterocycles. The fourth-order valence-corrected chi connectivity index (χ4v) is 2.18. The normalized spacial score (nSPS) is 12.1. The van der Waals surface area contributed by atoms with E-state index in [1.54, 1.807) is 19.1 Å². The van der Waals surface area contributed by atoms with Gasteiger partial charge in [0.15, 0.2) is 0 Å². The molecule has 0 bridgehead atoms. The second-order valence-corrected chi connectivity index (χ2v) is 5.09. The van der Waals surface area contributed by atoms with Gasteiger partial charge in [-0.1, -0.05) is 42.5 Å². The van der Waals surface area contributed by atoms with Crippen molar-refractivity contribution in [3.8, 4) is 6.07 Å². The Balaban J connectivity index is 2.24. The van der Waals surface area contributed by atoms with E-state index in [1.165, 1.54) is 24.3 Å². The number of nitrogens with one attached hydrogen (secondary N) is 1. The lowest BCUT2D eigenvalue weighted by Crippen LogP contribution is -2.27. The average molecular weight is 321 g/mol. The number of nitro benzene ring substituents is 1. The van der Waals surface area contributed by atoms with Gasteiger partial charge in [0, 0.05) is 6.07 Å². The highest BCUT2D eigenvalue weighted by Crippen LogP contribution is 2.21. The average Bonchev–Trinajstić information content (AvgIpc) is 2.60. The Bertz CT molecular complexity index is 823. The summed E-state index contributed by atoms with van der Waals surface area (Å²) in [6.45, 7) is 1.80. The second kappa shape index (κ2) is 7.70. The largest absolute Gasteiger partial charge is 0.345 e. The first-order valence-corrected chi connectivity index (χ1v) is 7.24. The van der Waals surface area contributed by atoms with Crippen LogP contribution in [0.4, 0.5) is 5.69 Å². The molecule has 0 aliphatic rings. The minimum Gasteiger partial charge on any atom is -0.345 e. The van der Waals surface area contributed by atoms with Crippen molar-refractivity contribution in [2.24, 2.45) is 0 Å². The van der Waals surface area contributed by atoms with Crippen molar-refractivity contribution in [3.63, 3.8) is 0 Å². The first-order valence-electron chi connectivity index (χ1n) is 7.24. The van der Waals surface area contributed by atoms with E-state index >= 15 is 0 Å². The van der Waals surface area contributed by atoms with E-state index in [0.29, 0.717) is 0 Å². The minimum absolute atomic E-state index is 0.158. The lowest BCUT2D eigenvalue weighted by molar-refractivity contribution is -0.385. The Morgan fingerprint density at radius 1 is 1.21 bits per heavy atom. The van der Waals surface area contributed by atoms with Gasteiger partial charge >= 0.3 is 0 Å². The summed E-state index contributed by atoms with van der Waals surface area (Å²) >= 11 is 0. The number of para-hydroxylation sites is 1. The van der Waals surface area contributed by atoms with E-state index in [4.69, 9.17) is 0 Å². The molecule has 0 saturated carbocycles. The van der Waals surface area contributed by atoms with Crippen molar-refractivity contribution < 1.29 is 9.72 Å². The van der Waals surface area contributed by atoms with Gasteiger partial charge in [-0.15, -0.1) is 0 Å². The lowest BCUT2D eigenvalue weighted by Gasteiger charge is -2.13. The quantitative estimate of drug-likeness (QED) is 0.395. The van der Waals surface area contributed by atoms with Crippen LogP contribution < -0.4 is 5.32 Å². The van der Waals surface area contributed by atoms with Gasteiger partial charge in [0.05, 0.1) is 16.5 Å². The monoisotopic (exact) mass is 321 g/mol. The van der Waals surface area contributed by atoms with Crippen LogP contribution in [0.25, 0.3) is 6.08 Å². The van der Waals surface area contributed by atoms with Crippen molar-refractivity contribution in [2.75, 3.05) is 0 Å². The summed E-state index contributed by atoms with van der Waals surface area (Å²) in [4.78, 5) is 22.7. The molecule has 0 radical (unpaired) electrons. The van der Waals surface area contributed by atoms with Crippen LogP contribution >= 0.6 is 0 Å². The highest BCUT2D eigenvalue weighted by atomic mass is 16.6. The SMILES string of the molecule is C[C@H](NC(=O)/C(C#N)=C/c1ccccc1[N+](=O)[O-])c1ccccc1. The zero-order chi connectivity index (χ0) is 17.5. The second-order valence-electron chi connectivity index (χ2n) is 5.09. The third-order valence-corrected chi connectivity index (χ3v) is 3.45. The summed E-state index contributed by atoms with van der Waals surface area (Å²) in [5.74, 6) is -0.577. The van der Waals surface area contributed by atoms with Crippen molar-refractivity contribution in [1.82, 2.24) is 5.32 Å². The number of nitrogens with zero attached hydrogens (tertiary/aromatic N) is 2. The molecule has 0 aromatic heterocycles. The molecule has 0 aliphatic heterocycles. The number of carbonyl (C=O) groups is 1. The molecule has 0 spiro atoms. The number of hydrogen-bond donors (Lipinski definition) is 1. The van der Waals surface area contributed by atoms with E-state index in [0.717, 1.165) is 5.56 Å².